The molecule has 0 radical (unpaired) electrons. The predicted octanol–water partition coefficient (Wildman–Crippen LogP) is 5.05. The Morgan fingerprint density at radius 1 is 1.00 bits per heavy atom. The van der Waals surface area contributed by atoms with Crippen LogP contribution in [0.5, 0.6) is 0 Å². The topological polar surface area (TPSA) is 15.5 Å². The first kappa shape index (κ1) is 14.0. The van der Waals surface area contributed by atoms with E-state index in [2.05, 4.69) is 72.7 Å². The molecule has 4 rings (SSSR count). The van der Waals surface area contributed by atoms with Crippen LogP contribution in [0.25, 0.3) is 0 Å². The minimum Gasteiger partial charge on any atom is -0.270 e. The zero-order chi connectivity index (χ0) is 15.0. The van der Waals surface area contributed by atoms with Gasteiger partial charge in [0.1, 0.15) is 0 Å². The number of hydrogen-bond donors (Lipinski definition) is 0. The average Bonchev–Trinajstić information content (AvgIpc) is 3.30. The fourth-order valence-corrected chi connectivity index (χ4v) is 4.04. The first-order chi connectivity index (χ1) is 10.8. The molecule has 1 aliphatic heterocycles. The van der Waals surface area contributed by atoms with Gasteiger partial charge >= 0.3 is 0 Å². The van der Waals surface area contributed by atoms with Crippen molar-refractivity contribution in [2.75, 3.05) is 0 Å². The van der Waals surface area contributed by atoms with E-state index in [-0.39, 0.29) is 5.72 Å². The molecule has 114 valence electrons. The van der Waals surface area contributed by atoms with Crippen molar-refractivity contribution in [3.05, 3.63) is 71.8 Å². The zero-order valence-electron chi connectivity index (χ0n) is 13.1. The highest BCUT2D eigenvalue weighted by molar-refractivity contribution is 5.27. The summed E-state index contributed by atoms with van der Waals surface area (Å²) in [6, 6.07) is 21.9. The fraction of sp³-hybridized carbons (Fsp3) is 0.400. The number of hydroxylamine groups is 2. The lowest BCUT2D eigenvalue weighted by atomic mass is 9.78. The van der Waals surface area contributed by atoms with Gasteiger partial charge in [-0.05, 0) is 37.3 Å². The van der Waals surface area contributed by atoms with Crippen molar-refractivity contribution in [1.29, 1.82) is 0 Å². The van der Waals surface area contributed by atoms with E-state index >= 15 is 0 Å². The molecule has 1 saturated heterocycles. The minimum atomic E-state index is -0.0745. The molecule has 1 heterocycles. The second-order valence-corrected chi connectivity index (χ2v) is 6.56. The number of rotatable bonds is 3. The summed E-state index contributed by atoms with van der Waals surface area (Å²) in [7, 11) is 0. The first-order valence-corrected chi connectivity index (χ1v) is 8.40. The molecule has 1 saturated carbocycles. The highest BCUT2D eigenvalue weighted by Gasteiger charge is 2.62. The van der Waals surface area contributed by atoms with Crippen molar-refractivity contribution in [3.8, 4) is 0 Å². The normalized spacial score (nSPS) is 31.9. The maximum atomic E-state index is 6.26. The Labute approximate surface area is 132 Å². The highest BCUT2D eigenvalue weighted by Crippen LogP contribution is 2.58. The van der Waals surface area contributed by atoms with E-state index in [1.54, 1.807) is 0 Å². The minimum absolute atomic E-state index is 0.0745. The van der Waals surface area contributed by atoms with E-state index in [1.165, 1.54) is 30.4 Å². The van der Waals surface area contributed by atoms with Crippen molar-refractivity contribution in [1.82, 2.24) is 5.06 Å². The van der Waals surface area contributed by atoms with Gasteiger partial charge in [-0.3, -0.25) is 4.84 Å². The Bertz CT molecular complexity index is 627. The number of hydrogen-bond acceptors (Lipinski definition) is 2. The molecule has 2 heteroatoms. The molecule has 0 bridgehead atoms. The third-order valence-electron chi connectivity index (χ3n) is 5.25. The van der Waals surface area contributed by atoms with E-state index in [0.717, 1.165) is 6.42 Å². The standard InChI is InChI=1S/C20H23NO/c1-16(17-10-4-2-5-11-17)21-20(22-21)15-9-8-14-19(20)18-12-6-3-7-13-18/h2-7,10-13,16,19H,8-9,14-15H2,1H3/t16-,19-,20+,21?/m1/s1. The molecule has 1 spiro atoms. The quantitative estimate of drug-likeness (QED) is 0.736. The van der Waals surface area contributed by atoms with Crippen LogP contribution >= 0.6 is 0 Å². The Balaban J connectivity index is 1.60. The van der Waals surface area contributed by atoms with Gasteiger partial charge in [-0.25, -0.2) is 0 Å². The van der Waals surface area contributed by atoms with Crippen LogP contribution in [0, 0.1) is 0 Å². The largest absolute Gasteiger partial charge is 0.270 e. The molecule has 2 aromatic rings. The van der Waals surface area contributed by atoms with Gasteiger partial charge in [-0.2, -0.15) is 0 Å². The van der Waals surface area contributed by atoms with Crippen LogP contribution in [-0.2, 0) is 4.84 Å². The summed E-state index contributed by atoms with van der Waals surface area (Å²) in [5, 5.41) is 2.25. The molecular weight excluding hydrogens is 270 g/mol. The van der Waals surface area contributed by atoms with Gasteiger partial charge in [0, 0.05) is 5.92 Å². The second kappa shape index (κ2) is 5.53. The lowest BCUT2D eigenvalue weighted by Crippen LogP contribution is -2.31. The van der Waals surface area contributed by atoms with E-state index in [1.807, 2.05) is 0 Å². The molecule has 4 atom stereocenters. The molecule has 22 heavy (non-hydrogen) atoms. The molecule has 2 nitrogen and oxygen atoms in total. The lowest BCUT2D eigenvalue weighted by Gasteiger charge is -2.30. The van der Waals surface area contributed by atoms with Crippen molar-refractivity contribution in [2.24, 2.45) is 0 Å². The SMILES string of the molecule is C[C@H](c1ccccc1)N1O[C@]12CCCC[C@@H]2c1ccccc1. The van der Waals surface area contributed by atoms with Gasteiger partial charge in [0.15, 0.2) is 5.72 Å². The summed E-state index contributed by atoms with van der Waals surface area (Å²) in [5.41, 5.74) is 2.68. The molecular formula is C20H23NO. The maximum absolute atomic E-state index is 6.26. The van der Waals surface area contributed by atoms with Gasteiger partial charge in [0.25, 0.3) is 0 Å². The molecule has 2 aromatic carbocycles. The Kier molecular flexibility index (Phi) is 3.51. The van der Waals surface area contributed by atoms with Crippen LogP contribution in [0.15, 0.2) is 60.7 Å². The van der Waals surface area contributed by atoms with Crippen molar-refractivity contribution < 1.29 is 4.84 Å². The third kappa shape index (κ3) is 2.27. The summed E-state index contributed by atoms with van der Waals surface area (Å²) in [5.74, 6) is 0.494. The van der Waals surface area contributed by atoms with Crippen LogP contribution in [0.4, 0.5) is 0 Å². The first-order valence-electron chi connectivity index (χ1n) is 8.40. The Morgan fingerprint density at radius 3 is 2.41 bits per heavy atom. The lowest BCUT2D eigenvalue weighted by molar-refractivity contribution is 0.149. The third-order valence-corrected chi connectivity index (χ3v) is 5.25. The van der Waals surface area contributed by atoms with E-state index in [0.29, 0.717) is 12.0 Å². The van der Waals surface area contributed by atoms with Gasteiger partial charge in [-0.1, -0.05) is 67.1 Å². The van der Waals surface area contributed by atoms with Crippen LogP contribution < -0.4 is 0 Å². The van der Waals surface area contributed by atoms with Crippen molar-refractivity contribution >= 4 is 0 Å². The summed E-state index contributed by atoms with van der Waals surface area (Å²) in [6.07, 6.45) is 4.94. The highest BCUT2D eigenvalue weighted by atomic mass is 16.9. The maximum Gasteiger partial charge on any atom is 0.172 e. The Morgan fingerprint density at radius 2 is 1.68 bits per heavy atom. The summed E-state index contributed by atoms with van der Waals surface area (Å²) < 4.78 is 0. The van der Waals surface area contributed by atoms with Crippen LogP contribution in [0.2, 0.25) is 0 Å². The summed E-state index contributed by atoms with van der Waals surface area (Å²) in [6.45, 7) is 2.25. The van der Waals surface area contributed by atoms with Gasteiger partial charge in [0.2, 0.25) is 0 Å². The Hall–Kier alpha value is -1.64. The van der Waals surface area contributed by atoms with E-state index in [9.17, 15) is 0 Å². The number of benzene rings is 2. The van der Waals surface area contributed by atoms with E-state index < -0.39 is 0 Å². The molecule has 2 fully saturated rings. The summed E-state index contributed by atoms with van der Waals surface area (Å²) >= 11 is 0. The van der Waals surface area contributed by atoms with Crippen molar-refractivity contribution in [3.63, 3.8) is 0 Å². The molecule has 1 aliphatic carbocycles. The van der Waals surface area contributed by atoms with E-state index in [4.69, 9.17) is 4.84 Å². The zero-order valence-corrected chi connectivity index (χ0v) is 13.1. The predicted molar refractivity (Wildman–Crippen MR) is 88.2 cm³/mol. The van der Waals surface area contributed by atoms with Crippen molar-refractivity contribution in [2.45, 2.75) is 50.3 Å². The van der Waals surface area contributed by atoms with Crippen LogP contribution in [0.1, 0.15) is 55.7 Å². The average molecular weight is 293 g/mol. The fourth-order valence-electron chi connectivity index (χ4n) is 4.04. The molecule has 0 amide bonds. The molecule has 1 unspecified atom stereocenters. The van der Waals surface area contributed by atoms with Crippen LogP contribution in [0.3, 0.4) is 0 Å². The van der Waals surface area contributed by atoms with Gasteiger partial charge < -0.3 is 0 Å². The number of nitrogens with zero attached hydrogens (tertiary/aromatic N) is 1. The molecule has 0 N–H and O–H groups in total. The van der Waals surface area contributed by atoms with Gasteiger partial charge in [-0.15, -0.1) is 5.06 Å². The smallest absolute Gasteiger partial charge is 0.172 e. The second-order valence-electron chi connectivity index (χ2n) is 6.56. The monoisotopic (exact) mass is 293 g/mol. The summed E-state index contributed by atoms with van der Waals surface area (Å²) in [4.78, 5) is 6.26. The van der Waals surface area contributed by atoms with Gasteiger partial charge in [0.05, 0.1) is 6.04 Å². The molecule has 2 aliphatic rings. The van der Waals surface area contributed by atoms with Crippen LogP contribution in [-0.4, -0.2) is 10.8 Å². The molecule has 0 aromatic heterocycles.